The van der Waals surface area contributed by atoms with Gasteiger partial charge in [-0.15, -0.1) is 0 Å². The molecule has 1 N–H and O–H groups in total. The van der Waals surface area contributed by atoms with Crippen LogP contribution in [0.3, 0.4) is 0 Å². The van der Waals surface area contributed by atoms with Crippen molar-refractivity contribution in [1.29, 1.82) is 0 Å². The minimum Gasteiger partial charge on any atom is -0.480 e. The fourth-order valence-corrected chi connectivity index (χ4v) is 2.07. The molecule has 4 heteroatoms. The Kier molecular flexibility index (Phi) is 3.27. The molecule has 1 aliphatic heterocycles. The van der Waals surface area contributed by atoms with E-state index in [9.17, 15) is 4.79 Å². The Morgan fingerprint density at radius 3 is 2.54 bits per heavy atom. The molecule has 1 heterocycles. The number of likely N-dealkylation sites (tertiary alicyclic amines) is 1. The van der Waals surface area contributed by atoms with Gasteiger partial charge in [0.2, 0.25) is 0 Å². The highest BCUT2D eigenvalue weighted by molar-refractivity contribution is 5.73. The molecule has 1 rings (SSSR count). The molecule has 0 spiro atoms. The van der Waals surface area contributed by atoms with Crippen LogP contribution in [-0.2, 0) is 4.79 Å². The van der Waals surface area contributed by atoms with Gasteiger partial charge in [0, 0.05) is 6.54 Å². The number of carboxylic acid groups (broad SMARTS) is 1. The first-order chi connectivity index (χ1) is 6.02. The number of nitrogens with zero attached hydrogens (tertiary/aromatic N) is 2. The van der Waals surface area contributed by atoms with Gasteiger partial charge in [-0.1, -0.05) is 0 Å². The average Bonchev–Trinajstić information content (AvgIpc) is 2.34. The second-order valence-electron chi connectivity index (χ2n) is 4.06. The van der Waals surface area contributed by atoms with E-state index in [4.69, 9.17) is 5.11 Å². The summed E-state index contributed by atoms with van der Waals surface area (Å²) in [6.45, 7) is 1.91. The minimum absolute atomic E-state index is 0.275. The molecule has 0 saturated carbocycles. The normalized spacial score (nSPS) is 26.6. The van der Waals surface area contributed by atoms with Crippen molar-refractivity contribution in [3.8, 4) is 0 Å². The summed E-state index contributed by atoms with van der Waals surface area (Å²) in [6, 6.07) is -0.329. The zero-order valence-corrected chi connectivity index (χ0v) is 8.53. The Balaban J connectivity index is 2.60. The van der Waals surface area contributed by atoms with Gasteiger partial charge < -0.3 is 10.0 Å². The van der Waals surface area contributed by atoms with E-state index in [1.165, 1.54) is 0 Å². The van der Waals surface area contributed by atoms with Crippen molar-refractivity contribution in [2.75, 3.05) is 34.2 Å². The molecule has 0 aromatic heterocycles. The molecule has 1 fully saturated rings. The molecule has 0 amide bonds. The fourth-order valence-electron chi connectivity index (χ4n) is 2.07. The number of rotatable bonds is 3. The van der Waals surface area contributed by atoms with Gasteiger partial charge in [0.15, 0.2) is 0 Å². The van der Waals surface area contributed by atoms with Gasteiger partial charge in [-0.25, -0.2) is 0 Å². The lowest BCUT2D eigenvalue weighted by Gasteiger charge is -2.25. The summed E-state index contributed by atoms with van der Waals surface area (Å²) in [6.07, 6.45) is 0.992. The van der Waals surface area contributed by atoms with Crippen LogP contribution < -0.4 is 0 Å². The van der Waals surface area contributed by atoms with E-state index in [0.717, 1.165) is 19.5 Å². The molecule has 1 saturated heterocycles. The van der Waals surface area contributed by atoms with E-state index in [1.54, 1.807) is 4.90 Å². The monoisotopic (exact) mass is 186 g/mol. The largest absolute Gasteiger partial charge is 0.480 e. The summed E-state index contributed by atoms with van der Waals surface area (Å²) < 4.78 is 0. The fraction of sp³-hybridized carbons (Fsp3) is 0.889. The third kappa shape index (κ3) is 2.42. The maximum Gasteiger partial charge on any atom is 0.321 e. The van der Waals surface area contributed by atoms with E-state index in [1.807, 2.05) is 21.1 Å². The molecule has 76 valence electrons. The maximum atomic E-state index is 11.0. The predicted octanol–water partition coefficient (Wildman–Crippen LogP) is -0.0471. The average molecular weight is 186 g/mol. The van der Waals surface area contributed by atoms with Gasteiger partial charge in [0.25, 0.3) is 0 Å². The van der Waals surface area contributed by atoms with E-state index in [0.29, 0.717) is 0 Å². The molecular weight excluding hydrogens is 168 g/mol. The lowest BCUT2D eigenvalue weighted by molar-refractivity contribution is -0.144. The van der Waals surface area contributed by atoms with E-state index >= 15 is 0 Å². The summed E-state index contributed by atoms with van der Waals surface area (Å²) >= 11 is 0. The highest BCUT2D eigenvalue weighted by atomic mass is 16.4. The van der Waals surface area contributed by atoms with Crippen molar-refractivity contribution in [3.05, 3.63) is 0 Å². The highest BCUT2D eigenvalue weighted by Gasteiger charge is 2.33. The lowest BCUT2D eigenvalue weighted by Crippen LogP contribution is -2.42. The zero-order chi connectivity index (χ0) is 10.0. The molecule has 0 bridgehead atoms. The summed E-state index contributed by atoms with van der Waals surface area (Å²) in [5.41, 5.74) is 0. The van der Waals surface area contributed by atoms with Crippen LogP contribution >= 0.6 is 0 Å². The molecule has 0 aromatic rings. The smallest absolute Gasteiger partial charge is 0.321 e. The topological polar surface area (TPSA) is 43.8 Å². The number of carboxylic acids is 1. The molecule has 0 aromatic carbocycles. The van der Waals surface area contributed by atoms with E-state index in [-0.39, 0.29) is 12.0 Å². The molecule has 0 radical (unpaired) electrons. The Labute approximate surface area is 79.1 Å². The van der Waals surface area contributed by atoms with Crippen LogP contribution in [0.2, 0.25) is 0 Å². The van der Waals surface area contributed by atoms with E-state index < -0.39 is 5.97 Å². The van der Waals surface area contributed by atoms with Crippen molar-refractivity contribution < 1.29 is 9.90 Å². The lowest BCUT2D eigenvalue weighted by atomic mass is 9.98. The number of aliphatic carboxylic acids is 1. The quantitative estimate of drug-likeness (QED) is 0.671. The minimum atomic E-state index is -0.703. The second kappa shape index (κ2) is 4.07. The van der Waals surface area contributed by atoms with Crippen molar-refractivity contribution in [2.45, 2.75) is 12.5 Å². The van der Waals surface area contributed by atoms with Gasteiger partial charge >= 0.3 is 5.97 Å². The maximum absolute atomic E-state index is 11.0. The van der Waals surface area contributed by atoms with E-state index in [2.05, 4.69) is 4.90 Å². The van der Waals surface area contributed by atoms with Crippen LogP contribution in [0, 0.1) is 5.92 Å². The number of likely N-dealkylation sites (N-methyl/N-ethyl adjacent to an activating group) is 1. The predicted molar refractivity (Wildman–Crippen MR) is 50.7 cm³/mol. The van der Waals surface area contributed by atoms with Gasteiger partial charge in [-0.3, -0.25) is 9.69 Å². The van der Waals surface area contributed by atoms with Crippen LogP contribution in [0.4, 0.5) is 0 Å². The molecule has 2 unspecified atom stereocenters. The van der Waals surface area contributed by atoms with Crippen LogP contribution in [-0.4, -0.2) is 61.2 Å². The Hall–Kier alpha value is -0.610. The molecular formula is C9H18N2O2. The van der Waals surface area contributed by atoms with Crippen LogP contribution in [0.1, 0.15) is 6.42 Å². The van der Waals surface area contributed by atoms with Gasteiger partial charge in [-0.2, -0.15) is 0 Å². The van der Waals surface area contributed by atoms with Crippen molar-refractivity contribution in [1.82, 2.24) is 9.80 Å². The first kappa shape index (κ1) is 10.5. The van der Waals surface area contributed by atoms with Crippen molar-refractivity contribution in [3.63, 3.8) is 0 Å². The van der Waals surface area contributed by atoms with Crippen LogP contribution in [0.25, 0.3) is 0 Å². The molecule has 1 aliphatic rings. The molecule has 4 nitrogen and oxygen atoms in total. The molecule has 13 heavy (non-hydrogen) atoms. The highest BCUT2D eigenvalue weighted by Crippen LogP contribution is 2.21. The third-order valence-electron chi connectivity index (χ3n) is 2.68. The van der Waals surface area contributed by atoms with Gasteiger partial charge in [0.1, 0.15) is 6.04 Å². The zero-order valence-electron chi connectivity index (χ0n) is 8.53. The Morgan fingerprint density at radius 1 is 1.62 bits per heavy atom. The van der Waals surface area contributed by atoms with Gasteiger partial charge in [0.05, 0.1) is 0 Å². The van der Waals surface area contributed by atoms with Crippen molar-refractivity contribution in [2.24, 2.45) is 5.92 Å². The third-order valence-corrected chi connectivity index (χ3v) is 2.68. The number of hydrogen-bond acceptors (Lipinski definition) is 3. The molecule has 2 atom stereocenters. The second-order valence-corrected chi connectivity index (χ2v) is 4.06. The SMILES string of the molecule is CN1CCC(C(C(=O)O)N(C)C)C1. The summed E-state index contributed by atoms with van der Waals surface area (Å²) in [5.74, 6) is -0.428. The summed E-state index contributed by atoms with van der Waals surface area (Å²) in [4.78, 5) is 15.0. The Bertz CT molecular complexity index is 194. The number of hydrogen-bond donors (Lipinski definition) is 1. The molecule has 0 aliphatic carbocycles. The van der Waals surface area contributed by atoms with Crippen LogP contribution in [0.5, 0.6) is 0 Å². The summed E-state index contributed by atoms with van der Waals surface area (Å²) in [7, 11) is 5.70. The summed E-state index contributed by atoms with van der Waals surface area (Å²) in [5, 5.41) is 9.03. The van der Waals surface area contributed by atoms with Crippen LogP contribution in [0.15, 0.2) is 0 Å². The first-order valence-electron chi connectivity index (χ1n) is 4.60. The Morgan fingerprint density at radius 2 is 2.23 bits per heavy atom. The first-order valence-corrected chi connectivity index (χ1v) is 4.60. The standard InChI is InChI=1S/C9H18N2O2/c1-10(2)8(9(12)13)7-4-5-11(3)6-7/h7-8H,4-6H2,1-3H3,(H,12,13). The van der Waals surface area contributed by atoms with Crippen molar-refractivity contribution >= 4 is 5.97 Å². The number of carbonyl (C=O) groups is 1. The van der Waals surface area contributed by atoms with Gasteiger partial charge in [-0.05, 0) is 40.0 Å².